The third-order valence-electron chi connectivity index (χ3n) is 3.48. The quantitative estimate of drug-likeness (QED) is 0.856. The predicted molar refractivity (Wildman–Crippen MR) is 92.9 cm³/mol. The minimum Gasteiger partial charge on any atom is -0.367 e. The second-order valence-electron chi connectivity index (χ2n) is 5.75. The third kappa shape index (κ3) is 4.75. The van der Waals surface area contributed by atoms with E-state index in [0.29, 0.717) is 11.5 Å². The van der Waals surface area contributed by atoms with E-state index in [0.717, 1.165) is 29.9 Å². The van der Waals surface area contributed by atoms with Gasteiger partial charge in [0, 0.05) is 18.8 Å². The monoisotopic (exact) mass is 313 g/mol. The van der Waals surface area contributed by atoms with E-state index in [-0.39, 0.29) is 5.91 Å². The van der Waals surface area contributed by atoms with Gasteiger partial charge in [-0.2, -0.15) is 0 Å². The van der Waals surface area contributed by atoms with Gasteiger partial charge in [0.05, 0.1) is 0 Å². The van der Waals surface area contributed by atoms with Crippen molar-refractivity contribution in [3.05, 3.63) is 47.2 Å². The number of para-hydroxylation sites is 1. The molecular formula is C17H23N5O. The number of hydrogen-bond donors (Lipinski definition) is 2. The van der Waals surface area contributed by atoms with Crippen LogP contribution in [0.5, 0.6) is 0 Å². The lowest BCUT2D eigenvalue weighted by atomic mass is 10.1. The Balaban J connectivity index is 2.00. The highest BCUT2D eigenvalue weighted by Crippen LogP contribution is 2.20. The average Bonchev–Trinajstić information content (AvgIpc) is 2.51. The molecule has 0 bridgehead atoms. The van der Waals surface area contributed by atoms with Gasteiger partial charge >= 0.3 is 0 Å². The molecule has 2 rings (SSSR count). The third-order valence-corrected chi connectivity index (χ3v) is 3.48. The Morgan fingerprint density at radius 2 is 1.78 bits per heavy atom. The van der Waals surface area contributed by atoms with Crippen LogP contribution in [-0.2, 0) is 0 Å². The number of likely N-dealkylation sites (N-methyl/N-ethyl adjacent to an activating group) is 1. The summed E-state index contributed by atoms with van der Waals surface area (Å²) in [4.78, 5) is 14.4. The van der Waals surface area contributed by atoms with Crippen LogP contribution in [0.3, 0.4) is 0 Å². The molecule has 6 nitrogen and oxygen atoms in total. The van der Waals surface area contributed by atoms with Crippen molar-refractivity contribution in [2.24, 2.45) is 0 Å². The highest BCUT2D eigenvalue weighted by Gasteiger charge is 2.11. The Hall–Kier alpha value is -2.47. The van der Waals surface area contributed by atoms with Crippen LogP contribution >= 0.6 is 0 Å². The Bertz CT molecular complexity index is 647. The van der Waals surface area contributed by atoms with E-state index < -0.39 is 0 Å². The van der Waals surface area contributed by atoms with Gasteiger partial charge in [-0.3, -0.25) is 4.79 Å². The van der Waals surface area contributed by atoms with Crippen molar-refractivity contribution >= 4 is 17.4 Å². The topological polar surface area (TPSA) is 70.2 Å². The number of carbonyl (C=O) groups is 1. The smallest absolute Gasteiger partial charge is 0.276 e. The van der Waals surface area contributed by atoms with Crippen molar-refractivity contribution in [2.45, 2.75) is 13.8 Å². The molecule has 0 radical (unpaired) electrons. The van der Waals surface area contributed by atoms with Gasteiger partial charge in [0.2, 0.25) is 0 Å². The van der Waals surface area contributed by atoms with Gasteiger partial charge in [-0.1, -0.05) is 18.2 Å². The number of rotatable bonds is 6. The Labute approximate surface area is 136 Å². The van der Waals surface area contributed by atoms with Crippen LogP contribution < -0.4 is 10.6 Å². The lowest BCUT2D eigenvalue weighted by molar-refractivity contribution is 0.102. The molecule has 0 aliphatic carbocycles. The number of benzene rings is 1. The summed E-state index contributed by atoms with van der Waals surface area (Å²) in [5, 5.41) is 14.1. The molecule has 0 saturated heterocycles. The summed E-state index contributed by atoms with van der Waals surface area (Å²) in [5.41, 5.74) is 3.17. The number of nitrogens with one attached hydrogen (secondary N) is 2. The second-order valence-corrected chi connectivity index (χ2v) is 5.75. The van der Waals surface area contributed by atoms with Crippen LogP contribution in [-0.4, -0.2) is 48.2 Å². The molecule has 0 saturated carbocycles. The van der Waals surface area contributed by atoms with E-state index >= 15 is 0 Å². The summed E-state index contributed by atoms with van der Waals surface area (Å²) in [5.74, 6) is 0.408. The normalized spacial score (nSPS) is 10.7. The summed E-state index contributed by atoms with van der Waals surface area (Å²) < 4.78 is 0. The lowest BCUT2D eigenvalue weighted by Gasteiger charge is -2.12. The molecule has 0 aliphatic rings. The van der Waals surface area contributed by atoms with E-state index in [4.69, 9.17) is 0 Å². The molecule has 0 spiro atoms. The highest BCUT2D eigenvalue weighted by atomic mass is 16.1. The van der Waals surface area contributed by atoms with Crippen molar-refractivity contribution in [1.82, 2.24) is 15.1 Å². The van der Waals surface area contributed by atoms with Crippen molar-refractivity contribution in [3.63, 3.8) is 0 Å². The summed E-state index contributed by atoms with van der Waals surface area (Å²) in [6, 6.07) is 9.34. The first-order chi connectivity index (χ1) is 11.0. The zero-order chi connectivity index (χ0) is 16.8. The van der Waals surface area contributed by atoms with E-state index in [1.807, 2.05) is 46.1 Å². The molecule has 0 atom stereocenters. The molecular weight excluding hydrogens is 290 g/mol. The fourth-order valence-electron chi connectivity index (χ4n) is 2.14. The first-order valence-corrected chi connectivity index (χ1v) is 7.57. The summed E-state index contributed by atoms with van der Waals surface area (Å²) >= 11 is 0. The molecule has 6 heteroatoms. The molecule has 0 unspecified atom stereocenters. The largest absolute Gasteiger partial charge is 0.367 e. The highest BCUT2D eigenvalue weighted by molar-refractivity contribution is 6.03. The molecule has 1 amide bonds. The molecule has 1 aromatic carbocycles. The number of carbonyl (C=O) groups excluding carboxylic acids is 1. The maximum Gasteiger partial charge on any atom is 0.276 e. The number of aryl methyl sites for hydroxylation is 2. The van der Waals surface area contributed by atoms with Crippen molar-refractivity contribution in [3.8, 4) is 0 Å². The fraction of sp³-hybridized carbons (Fsp3) is 0.353. The Morgan fingerprint density at radius 1 is 1.09 bits per heavy atom. The maximum absolute atomic E-state index is 12.3. The van der Waals surface area contributed by atoms with Gasteiger partial charge in [-0.25, -0.2) is 0 Å². The van der Waals surface area contributed by atoms with Gasteiger partial charge in [0.1, 0.15) is 5.82 Å². The molecule has 1 aromatic heterocycles. The molecule has 23 heavy (non-hydrogen) atoms. The maximum atomic E-state index is 12.3. The minimum absolute atomic E-state index is 0.255. The van der Waals surface area contributed by atoms with Gasteiger partial charge < -0.3 is 15.5 Å². The number of anilines is 2. The van der Waals surface area contributed by atoms with E-state index in [1.54, 1.807) is 12.1 Å². The van der Waals surface area contributed by atoms with Crippen LogP contribution in [0.1, 0.15) is 21.6 Å². The van der Waals surface area contributed by atoms with Gasteiger partial charge in [-0.15, -0.1) is 10.2 Å². The Morgan fingerprint density at radius 3 is 2.35 bits per heavy atom. The standard InChI is InChI=1S/C17H23N5O/c1-12-6-5-7-13(2)16(12)19-17(23)14-8-9-15(21-20-14)18-10-11-22(3)4/h5-9H,10-11H2,1-4H3,(H,18,21)(H,19,23). The number of nitrogens with zero attached hydrogens (tertiary/aromatic N) is 3. The van der Waals surface area contributed by atoms with E-state index in [1.165, 1.54) is 0 Å². The number of aromatic nitrogens is 2. The molecule has 0 fully saturated rings. The number of hydrogen-bond acceptors (Lipinski definition) is 5. The number of amides is 1. The molecule has 0 aliphatic heterocycles. The van der Waals surface area contributed by atoms with Crippen molar-refractivity contribution in [1.29, 1.82) is 0 Å². The van der Waals surface area contributed by atoms with E-state index in [2.05, 4.69) is 25.7 Å². The zero-order valence-corrected chi connectivity index (χ0v) is 14.1. The average molecular weight is 313 g/mol. The SMILES string of the molecule is Cc1cccc(C)c1NC(=O)c1ccc(NCCN(C)C)nn1. The summed E-state index contributed by atoms with van der Waals surface area (Å²) in [6.45, 7) is 5.60. The lowest BCUT2D eigenvalue weighted by Crippen LogP contribution is -2.21. The van der Waals surface area contributed by atoms with Crippen molar-refractivity contribution in [2.75, 3.05) is 37.8 Å². The van der Waals surface area contributed by atoms with Gasteiger partial charge in [0.25, 0.3) is 5.91 Å². The predicted octanol–water partition coefficient (Wildman–Crippen LogP) is 2.32. The van der Waals surface area contributed by atoms with Gasteiger partial charge in [0.15, 0.2) is 5.69 Å². The summed E-state index contributed by atoms with van der Waals surface area (Å²) in [6.07, 6.45) is 0. The second kappa shape index (κ2) is 7.69. The molecule has 2 aromatic rings. The van der Waals surface area contributed by atoms with E-state index in [9.17, 15) is 4.79 Å². The van der Waals surface area contributed by atoms with Crippen molar-refractivity contribution < 1.29 is 4.79 Å². The molecule has 122 valence electrons. The molecule has 1 heterocycles. The molecule has 2 N–H and O–H groups in total. The van der Waals surface area contributed by atoms with Crippen LogP contribution in [0.4, 0.5) is 11.5 Å². The van der Waals surface area contributed by atoms with Crippen LogP contribution in [0, 0.1) is 13.8 Å². The minimum atomic E-state index is -0.255. The van der Waals surface area contributed by atoms with Crippen LogP contribution in [0.2, 0.25) is 0 Å². The fourth-order valence-corrected chi connectivity index (χ4v) is 2.14. The van der Waals surface area contributed by atoms with Gasteiger partial charge in [-0.05, 0) is 51.2 Å². The Kier molecular flexibility index (Phi) is 5.65. The first-order valence-electron chi connectivity index (χ1n) is 7.57. The zero-order valence-electron chi connectivity index (χ0n) is 14.1. The summed E-state index contributed by atoms with van der Waals surface area (Å²) in [7, 11) is 4.02. The first kappa shape index (κ1) is 16.9. The van der Waals surface area contributed by atoms with Crippen LogP contribution in [0.15, 0.2) is 30.3 Å². The van der Waals surface area contributed by atoms with Crippen LogP contribution in [0.25, 0.3) is 0 Å².